The van der Waals surface area contributed by atoms with E-state index in [-0.39, 0.29) is 12.0 Å². The summed E-state index contributed by atoms with van der Waals surface area (Å²) < 4.78 is 10.8. The first-order chi connectivity index (χ1) is 10.7. The van der Waals surface area contributed by atoms with Crippen molar-refractivity contribution >= 4 is 5.91 Å². The Bertz CT molecular complexity index is 564. The van der Waals surface area contributed by atoms with Crippen molar-refractivity contribution in [3.63, 3.8) is 0 Å². The van der Waals surface area contributed by atoms with E-state index in [0.29, 0.717) is 5.91 Å². The number of hydrogen-bond acceptors (Lipinski definition) is 3. The molecular formula is C18H25NO3. The van der Waals surface area contributed by atoms with Crippen LogP contribution in [0.3, 0.4) is 0 Å². The topological polar surface area (TPSA) is 38.8 Å². The minimum atomic E-state index is 0.108. The van der Waals surface area contributed by atoms with E-state index >= 15 is 0 Å². The summed E-state index contributed by atoms with van der Waals surface area (Å²) in [6, 6.07) is 4.20. The Balaban J connectivity index is 1.88. The minimum Gasteiger partial charge on any atom is -0.493 e. The number of fused-ring (bicyclic) bond motifs is 1. The van der Waals surface area contributed by atoms with Gasteiger partial charge in [0.15, 0.2) is 11.5 Å². The Labute approximate surface area is 132 Å². The van der Waals surface area contributed by atoms with Gasteiger partial charge in [-0.25, -0.2) is 0 Å². The average molecular weight is 303 g/mol. The Hall–Kier alpha value is -1.71. The molecule has 1 aliphatic heterocycles. The Kier molecular flexibility index (Phi) is 4.27. The second-order valence-electron chi connectivity index (χ2n) is 6.34. The number of amides is 1. The van der Waals surface area contributed by atoms with E-state index in [1.54, 1.807) is 14.2 Å². The molecule has 1 heterocycles. The van der Waals surface area contributed by atoms with E-state index in [1.165, 1.54) is 24.0 Å². The number of hydrogen-bond donors (Lipinski definition) is 0. The largest absolute Gasteiger partial charge is 0.493 e. The fourth-order valence-corrected chi connectivity index (χ4v) is 3.85. The maximum absolute atomic E-state index is 12.8. The molecule has 0 radical (unpaired) electrons. The zero-order valence-corrected chi connectivity index (χ0v) is 13.7. The Morgan fingerprint density at radius 3 is 2.41 bits per heavy atom. The zero-order valence-electron chi connectivity index (χ0n) is 13.7. The average Bonchev–Trinajstić information content (AvgIpc) is 3.08. The first kappa shape index (κ1) is 15.2. The number of ether oxygens (including phenoxy) is 2. The second kappa shape index (κ2) is 6.19. The minimum absolute atomic E-state index is 0.108. The van der Waals surface area contributed by atoms with Gasteiger partial charge in [-0.1, -0.05) is 12.8 Å². The van der Waals surface area contributed by atoms with Gasteiger partial charge in [0.1, 0.15) is 0 Å². The van der Waals surface area contributed by atoms with Crippen molar-refractivity contribution in [1.29, 1.82) is 0 Å². The van der Waals surface area contributed by atoms with E-state index in [2.05, 4.69) is 17.9 Å². The van der Waals surface area contributed by atoms with Crippen LogP contribution in [0.2, 0.25) is 0 Å². The SMILES string of the molecule is COc1cc2c(cc1OC)C(C)N(C(=O)C1CCCC1)CC2. The number of benzene rings is 1. The van der Waals surface area contributed by atoms with Gasteiger partial charge in [0.25, 0.3) is 0 Å². The lowest BCUT2D eigenvalue weighted by Crippen LogP contribution is -2.41. The van der Waals surface area contributed by atoms with Crippen LogP contribution in [-0.4, -0.2) is 31.6 Å². The first-order valence-electron chi connectivity index (χ1n) is 8.21. The molecule has 1 aromatic carbocycles. The third-order valence-electron chi connectivity index (χ3n) is 5.17. The van der Waals surface area contributed by atoms with Gasteiger partial charge in [0.05, 0.1) is 20.3 Å². The van der Waals surface area contributed by atoms with Crippen molar-refractivity contribution in [2.24, 2.45) is 5.92 Å². The van der Waals surface area contributed by atoms with Crippen molar-refractivity contribution in [3.8, 4) is 11.5 Å². The summed E-state index contributed by atoms with van der Waals surface area (Å²) in [4.78, 5) is 14.8. The molecule has 22 heavy (non-hydrogen) atoms. The summed E-state index contributed by atoms with van der Waals surface area (Å²) in [7, 11) is 3.31. The lowest BCUT2D eigenvalue weighted by atomic mass is 9.91. The predicted molar refractivity (Wildman–Crippen MR) is 85.3 cm³/mol. The molecule has 1 aromatic rings. The van der Waals surface area contributed by atoms with Gasteiger partial charge in [0.2, 0.25) is 5.91 Å². The molecule has 0 N–H and O–H groups in total. The van der Waals surface area contributed by atoms with Crippen LogP contribution in [0.25, 0.3) is 0 Å². The highest BCUT2D eigenvalue weighted by molar-refractivity contribution is 5.80. The van der Waals surface area contributed by atoms with Crippen molar-refractivity contribution in [2.45, 2.75) is 45.1 Å². The van der Waals surface area contributed by atoms with Crippen molar-refractivity contribution in [2.75, 3.05) is 20.8 Å². The van der Waals surface area contributed by atoms with Gasteiger partial charge in [-0.05, 0) is 49.4 Å². The molecule has 3 rings (SSSR count). The molecule has 0 saturated heterocycles. The quantitative estimate of drug-likeness (QED) is 0.859. The molecule has 4 nitrogen and oxygen atoms in total. The van der Waals surface area contributed by atoms with E-state index in [4.69, 9.17) is 9.47 Å². The third kappa shape index (κ3) is 2.55. The van der Waals surface area contributed by atoms with E-state index in [1.807, 2.05) is 6.07 Å². The molecule has 0 spiro atoms. The number of carbonyl (C=O) groups is 1. The van der Waals surface area contributed by atoms with Crippen LogP contribution in [0.1, 0.15) is 49.8 Å². The van der Waals surface area contributed by atoms with E-state index in [0.717, 1.165) is 37.3 Å². The molecule has 1 unspecified atom stereocenters. The van der Waals surface area contributed by atoms with Gasteiger partial charge in [-0.3, -0.25) is 4.79 Å². The van der Waals surface area contributed by atoms with E-state index in [9.17, 15) is 4.79 Å². The van der Waals surface area contributed by atoms with Crippen LogP contribution >= 0.6 is 0 Å². The van der Waals surface area contributed by atoms with Crippen molar-refractivity contribution in [1.82, 2.24) is 4.90 Å². The molecule has 1 fully saturated rings. The van der Waals surface area contributed by atoms with Gasteiger partial charge >= 0.3 is 0 Å². The van der Waals surface area contributed by atoms with Crippen molar-refractivity contribution in [3.05, 3.63) is 23.3 Å². The van der Waals surface area contributed by atoms with Gasteiger partial charge in [-0.15, -0.1) is 0 Å². The first-order valence-corrected chi connectivity index (χ1v) is 8.21. The molecule has 1 saturated carbocycles. The Morgan fingerprint density at radius 2 is 1.77 bits per heavy atom. The number of carbonyl (C=O) groups excluding carboxylic acids is 1. The lowest BCUT2D eigenvalue weighted by Gasteiger charge is -2.37. The van der Waals surface area contributed by atoms with Gasteiger partial charge in [0, 0.05) is 12.5 Å². The third-order valence-corrected chi connectivity index (χ3v) is 5.17. The lowest BCUT2D eigenvalue weighted by molar-refractivity contribution is -0.138. The second-order valence-corrected chi connectivity index (χ2v) is 6.34. The number of nitrogens with zero attached hydrogens (tertiary/aromatic N) is 1. The molecule has 2 aliphatic rings. The molecule has 120 valence electrons. The van der Waals surface area contributed by atoms with Crippen LogP contribution < -0.4 is 9.47 Å². The number of rotatable bonds is 3. The molecule has 4 heteroatoms. The van der Waals surface area contributed by atoms with Crippen LogP contribution in [0.4, 0.5) is 0 Å². The molecule has 0 bridgehead atoms. The summed E-state index contributed by atoms with van der Waals surface area (Å²) in [5.41, 5.74) is 2.45. The van der Waals surface area contributed by atoms with E-state index < -0.39 is 0 Å². The fourth-order valence-electron chi connectivity index (χ4n) is 3.85. The molecule has 1 aliphatic carbocycles. The maximum Gasteiger partial charge on any atom is 0.226 e. The summed E-state index contributed by atoms with van der Waals surface area (Å²) >= 11 is 0. The van der Waals surface area contributed by atoms with Crippen LogP contribution in [0.15, 0.2) is 12.1 Å². The summed E-state index contributed by atoms with van der Waals surface area (Å²) in [5, 5.41) is 0. The smallest absolute Gasteiger partial charge is 0.226 e. The Morgan fingerprint density at radius 1 is 1.14 bits per heavy atom. The molecule has 1 atom stereocenters. The predicted octanol–water partition coefficient (Wildman–Crippen LogP) is 3.34. The van der Waals surface area contributed by atoms with Crippen molar-refractivity contribution < 1.29 is 14.3 Å². The molecule has 0 aromatic heterocycles. The molecule has 1 amide bonds. The monoisotopic (exact) mass is 303 g/mol. The van der Waals surface area contributed by atoms with Gasteiger partial charge in [-0.2, -0.15) is 0 Å². The normalized spacial score (nSPS) is 21.6. The van der Waals surface area contributed by atoms with Crippen LogP contribution in [0, 0.1) is 5.92 Å². The highest BCUT2D eigenvalue weighted by Crippen LogP contribution is 2.39. The van der Waals surface area contributed by atoms with Crippen LogP contribution in [-0.2, 0) is 11.2 Å². The maximum atomic E-state index is 12.8. The zero-order chi connectivity index (χ0) is 15.7. The summed E-state index contributed by atoms with van der Waals surface area (Å²) in [6.07, 6.45) is 5.39. The number of methoxy groups -OCH3 is 2. The van der Waals surface area contributed by atoms with Gasteiger partial charge < -0.3 is 14.4 Å². The van der Waals surface area contributed by atoms with Crippen LogP contribution in [0.5, 0.6) is 11.5 Å². The standard InChI is InChI=1S/C18H25NO3/c1-12-15-11-17(22-3)16(21-2)10-14(15)8-9-19(12)18(20)13-6-4-5-7-13/h10-13H,4-9H2,1-3H3. The highest BCUT2D eigenvalue weighted by atomic mass is 16.5. The molecular weight excluding hydrogens is 278 g/mol. The summed E-state index contributed by atoms with van der Waals surface area (Å²) in [5.74, 6) is 2.09. The fraction of sp³-hybridized carbons (Fsp3) is 0.611. The summed E-state index contributed by atoms with van der Waals surface area (Å²) in [6.45, 7) is 2.93. The highest BCUT2D eigenvalue weighted by Gasteiger charge is 2.33.